The summed E-state index contributed by atoms with van der Waals surface area (Å²) in [5.74, 6) is 5.30. The minimum absolute atomic E-state index is 0.0555. The van der Waals surface area contributed by atoms with Crippen LogP contribution in [-0.2, 0) is 6.18 Å². The molecule has 0 radical (unpaired) electrons. The Morgan fingerprint density at radius 2 is 1.86 bits per heavy atom. The minimum atomic E-state index is -4.51. The molecule has 0 saturated carbocycles. The summed E-state index contributed by atoms with van der Waals surface area (Å²) in [4.78, 5) is 7.64. The lowest BCUT2D eigenvalue weighted by atomic mass is 10.2. The standard InChI is InChI=1S/C11H8Cl2F3N5/c12-6-1-5(11(14,15)16)2-7(3-6)19-9-8(13)4-18-10(20-9)21-17/h1-4H,17H2,(H2,18,19,20,21). The Labute approximate surface area is 127 Å². The molecule has 0 amide bonds. The number of aromatic nitrogens is 2. The summed E-state index contributed by atoms with van der Waals surface area (Å²) in [5.41, 5.74) is 1.39. The lowest BCUT2D eigenvalue weighted by Crippen LogP contribution is -2.11. The Bertz CT molecular complexity index is 663. The van der Waals surface area contributed by atoms with E-state index in [-0.39, 0.29) is 27.5 Å². The molecule has 0 aliphatic heterocycles. The lowest BCUT2D eigenvalue weighted by molar-refractivity contribution is -0.137. The van der Waals surface area contributed by atoms with Crippen LogP contribution in [0.1, 0.15) is 5.56 Å². The van der Waals surface area contributed by atoms with Gasteiger partial charge in [0, 0.05) is 10.7 Å². The minimum Gasteiger partial charge on any atom is -0.339 e. The monoisotopic (exact) mass is 337 g/mol. The van der Waals surface area contributed by atoms with E-state index in [9.17, 15) is 13.2 Å². The Morgan fingerprint density at radius 1 is 1.14 bits per heavy atom. The molecule has 0 aliphatic carbocycles. The van der Waals surface area contributed by atoms with Gasteiger partial charge in [-0.1, -0.05) is 23.2 Å². The highest BCUT2D eigenvalue weighted by Crippen LogP contribution is 2.34. The third-order valence-corrected chi connectivity index (χ3v) is 2.86. The maximum absolute atomic E-state index is 12.7. The maximum atomic E-state index is 12.7. The molecule has 10 heteroatoms. The van der Waals surface area contributed by atoms with Crippen LogP contribution in [0, 0.1) is 0 Å². The number of rotatable bonds is 3. The molecule has 0 aliphatic rings. The molecule has 21 heavy (non-hydrogen) atoms. The predicted molar refractivity (Wildman–Crippen MR) is 74.6 cm³/mol. The van der Waals surface area contributed by atoms with Gasteiger partial charge in [0.05, 0.1) is 11.8 Å². The van der Waals surface area contributed by atoms with E-state index in [2.05, 4.69) is 20.7 Å². The Morgan fingerprint density at radius 3 is 2.48 bits per heavy atom. The van der Waals surface area contributed by atoms with E-state index in [0.717, 1.165) is 12.1 Å². The maximum Gasteiger partial charge on any atom is 0.416 e. The van der Waals surface area contributed by atoms with E-state index in [1.165, 1.54) is 12.3 Å². The van der Waals surface area contributed by atoms with Crippen molar-refractivity contribution in [2.75, 3.05) is 10.7 Å². The van der Waals surface area contributed by atoms with Crippen molar-refractivity contribution < 1.29 is 13.2 Å². The SMILES string of the molecule is NNc1ncc(Cl)c(Nc2cc(Cl)cc(C(F)(F)F)c2)n1. The smallest absolute Gasteiger partial charge is 0.339 e. The first-order chi connectivity index (χ1) is 9.79. The second-order valence-electron chi connectivity index (χ2n) is 3.89. The van der Waals surface area contributed by atoms with Crippen LogP contribution in [0.4, 0.5) is 30.6 Å². The number of anilines is 3. The molecule has 0 spiro atoms. The summed E-state index contributed by atoms with van der Waals surface area (Å²) in [6.45, 7) is 0. The summed E-state index contributed by atoms with van der Waals surface area (Å²) < 4.78 is 38.2. The highest BCUT2D eigenvalue weighted by Gasteiger charge is 2.31. The van der Waals surface area contributed by atoms with Crippen molar-refractivity contribution in [2.45, 2.75) is 6.18 Å². The second kappa shape index (κ2) is 5.92. The third kappa shape index (κ3) is 3.87. The fourth-order valence-corrected chi connectivity index (χ4v) is 1.86. The largest absolute Gasteiger partial charge is 0.416 e. The number of benzene rings is 1. The summed E-state index contributed by atoms with van der Waals surface area (Å²) in [6.07, 6.45) is -3.26. The quantitative estimate of drug-likeness (QED) is 0.586. The van der Waals surface area contributed by atoms with Crippen molar-refractivity contribution in [1.29, 1.82) is 0 Å². The van der Waals surface area contributed by atoms with Crippen LogP contribution in [0.15, 0.2) is 24.4 Å². The molecule has 1 aromatic heterocycles. The number of halogens is 5. The van der Waals surface area contributed by atoms with Gasteiger partial charge in [-0.2, -0.15) is 18.2 Å². The molecular formula is C11H8Cl2F3N5. The molecule has 112 valence electrons. The van der Waals surface area contributed by atoms with Crippen LogP contribution >= 0.6 is 23.2 Å². The second-order valence-corrected chi connectivity index (χ2v) is 4.73. The van der Waals surface area contributed by atoms with Crippen molar-refractivity contribution in [2.24, 2.45) is 5.84 Å². The van der Waals surface area contributed by atoms with Gasteiger partial charge in [0.1, 0.15) is 5.02 Å². The molecular weight excluding hydrogens is 330 g/mol. The number of hydrogen-bond acceptors (Lipinski definition) is 5. The van der Waals surface area contributed by atoms with E-state index in [0.29, 0.717) is 0 Å². The zero-order chi connectivity index (χ0) is 15.6. The molecule has 4 N–H and O–H groups in total. The molecule has 1 aromatic carbocycles. The van der Waals surface area contributed by atoms with Gasteiger partial charge in [0.25, 0.3) is 0 Å². The van der Waals surface area contributed by atoms with Crippen LogP contribution in [-0.4, -0.2) is 9.97 Å². The first-order valence-corrected chi connectivity index (χ1v) is 6.19. The molecule has 2 rings (SSSR count). The summed E-state index contributed by atoms with van der Waals surface area (Å²) in [5, 5.41) is 2.68. The molecule has 2 aromatic rings. The number of nitrogens with one attached hydrogen (secondary N) is 2. The number of nitrogens with zero attached hydrogens (tertiary/aromatic N) is 2. The molecule has 0 bridgehead atoms. The average Bonchev–Trinajstić information content (AvgIpc) is 2.39. The fraction of sp³-hybridized carbons (Fsp3) is 0.0909. The fourth-order valence-electron chi connectivity index (χ4n) is 1.49. The van der Waals surface area contributed by atoms with Gasteiger partial charge in [-0.15, -0.1) is 0 Å². The van der Waals surface area contributed by atoms with Crippen molar-refractivity contribution in [1.82, 2.24) is 9.97 Å². The number of alkyl halides is 3. The topological polar surface area (TPSA) is 75.9 Å². The van der Waals surface area contributed by atoms with E-state index < -0.39 is 11.7 Å². The molecule has 0 unspecified atom stereocenters. The number of nitrogens with two attached hydrogens (primary N) is 1. The van der Waals surface area contributed by atoms with E-state index >= 15 is 0 Å². The Balaban J connectivity index is 2.38. The molecule has 1 heterocycles. The van der Waals surface area contributed by atoms with Gasteiger partial charge in [0.15, 0.2) is 5.82 Å². The highest BCUT2D eigenvalue weighted by molar-refractivity contribution is 6.33. The van der Waals surface area contributed by atoms with Crippen LogP contribution < -0.4 is 16.6 Å². The van der Waals surface area contributed by atoms with E-state index in [4.69, 9.17) is 29.0 Å². The van der Waals surface area contributed by atoms with Crippen molar-refractivity contribution in [3.63, 3.8) is 0 Å². The zero-order valence-corrected chi connectivity index (χ0v) is 11.7. The van der Waals surface area contributed by atoms with Gasteiger partial charge in [0.2, 0.25) is 5.95 Å². The first-order valence-electron chi connectivity index (χ1n) is 5.43. The summed E-state index contributed by atoms with van der Waals surface area (Å²) in [6, 6.07) is 3.02. The van der Waals surface area contributed by atoms with Gasteiger partial charge < -0.3 is 5.32 Å². The molecule has 5 nitrogen and oxygen atoms in total. The number of hydrogen-bond donors (Lipinski definition) is 3. The summed E-state index contributed by atoms with van der Waals surface area (Å²) in [7, 11) is 0. The molecule has 0 fully saturated rings. The van der Waals surface area contributed by atoms with Crippen LogP contribution in [0.25, 0.3) is 0 Å². The van der Waals surface area contributed by atoms with Crippen molar-refractivity contribution in [3.05, 3.63) is 40.0 Å². The zero-order valence-electron chi connectivity index (χ0n) is 10.2. The highest BCUT2D eigenvalue weighted by atomic mass is 35.5. The van der Waals surface area contributed by atoms with Crippen molar-refractivity contribution >= 4 is 40.7 Å². The Kier molecular flexibility index (Phi) is 4.40. The van der Waals surface area contributed by atoms with E-state index in [1.807, 2.05) is 0 Å². The van der Waals surface area contributed by atoms with Gasteiger partial charge in [-0.25, -0.2) is 10.8 Å². The van der Waals surface area contributed by atoms with Crippen LogP contribution in [0.5, 0.6) is 0 Å². The first kappa shape index (κ1) is 15.6. The number of hydrazine groups is 1. The third-order valence-electron chi connectivity index (χ3n) is 2.36. The van der Waals surface area contributed by atoms with Crippen LogP contribution in [0.2, 0.25) is 10.0 Å². The van der Waals surface area contributed by atoms with Crippen molar-refractivity contribution in [3.8, 4) is 0 Å². The van der Waals surface area contributed by atoms with Gasteiger partial charge in [-0.05, 0) is 18.2 Å². The van der Waals surface area contributed by atoms with Gasteiger partial charge >= 0.3 is 6.18 Å². The average molecular weight is 338 g/mol. The van der Waals surface area contributed by atoms with Gasteiger partial charge in [-0.3, -0.25) is 5.43 Å². The molecule has 0 saturated heterocycles. The predicted octanol–water partition coefficient (Wildman–Crippen LogP) is 3.83. The number of nitrogen functional groups attached to an aromatic ring is 1. The van der Waals surface area contributed by atoms with Crippen LogP contribution in [0.3, 0.4) is 0 Å². The normalized spacial score (nSPS) is 11.3. The Hall–Kier alpha value is -1.77. The lowest BCUT2D eigenvalue weighted by Gasteiger charge is -2.12. The summed E-state index contributed by atoms with van der Waals surface area (Å²) >= 11 is 11.5. The molecule has 0 atom stereocenters. The van der Waals surface area contributed by atoms with E-state index in [1.54, 1.807) is 0 Å².